The summed E-state index contributed by atoms with van der Waals surface area (Å²) in [5.41, 5.74) is 0.465. The lowest BCUT2D eigenvalue weighted by Crippen LogP contribution is -2.79. The quantitative estimate of drug-likeness (QED) is 0.579. The second-order valence-corrected chi connectivity index (χ2v) is 10.8. The molecule has 0 radical (unpaired) electrons. The molecule has 1 aromatic heterocycles. The molecular weight excluding hydrogens is 498 g/mol. The molecule has 1 saturated heterocycles. The number of aliphatic hydroxyl groups is 1. The summed E-state index contributed by atoms with van der Waals surface area (Å²) in [6.07, 6.45) is 3.85. The number of benzene rings is 1. The molecule has 12 heteroatoms. The molecule has 5 aliphatic rings. The lowest BCUT2D eigenvalue weighted by molar-refractivity contribution is -0.165. The molecule has 2 atom stereocenters. The van der Waals surface area contributed by atoms with Gasteiger partial charge >= 0.3 is 6.61 Å². The molecule has 9 nitrogen and oxygen atoms in total. The molecule has 2 bridgehead atoms. The molecule has 2 aliphatic heterocycles. The maximum absolute atomic E-state index is 12.9. The summed E-state index contributed by atoms with van der Waals surface area (Å²) in [6, 6.07) is 4.96. The van der Waals surface area contributed by atoms with E-state index in [1.54, 1.807) is 34.0 Å². The standard InChI is InChI=1S/C24H25ClF2N4O5/c25-15-1-2-18-16(3-15)17(32)4-19(36-18)20(33)29-23-10-24(11-23,12-23)31-8-14(5-28-31)21(34)30-6-13(7-30)9-35-22(26)27/h1-3,5,8,13,17,19,22,32H,4,6-7,9-12H2,(H,29,33)/t17-,19-,23?,24?/m1/s1. The molecule has 192 valence electrons. The van der Waals surface area contributed by atoms with Crippen LogP contribution in [0.25, 0.3) is 0 Å². The predicted molar refractivity (Wildman–Crippen MR) is 122 cm³/mol. The normalized spacial score (nSPS) is 30.5. The van der Waals surface area contributed by atoms with E-state index in [2.05, 4.69) is 15.2 Å². The number of nitrogens with zero attached hydrogens (tertiary/aromatic N) is 3. The number of likely N-dealkylation sites (tertiary alicyclic amines) is 1. The van der Waals surface area contributed by atoms with Crippen LogP contribution in [0.2, 0.25) is 5.02 Å². The Kier molecular flexibility index (Phi) is 5.51. The van der Waals surface area contributed by atoms with Gasteiger partial charge < -0.3 is 24.8 Å². The summed E-state index contributed by atoms with van der Waals surface area (Å²) in [5, 5.41) is 18.4. The van der Waals surface area contributed by atoms with Crippen molar-refractivity contribution in [2.75, 3.05) is 19.7 Å². The van der Waals surface area contributed by atoms with Crippen molar-refractivity contribution in [1.29, 1.82) is 0 Å². The van der Waals surface area contributed by atoms with Crippen LogP contribution in [0.5, 0.6) is 5.75 Å². The number of carbonyl (C=O) groups is 2. The van der Waals surface area contributed by atoms with Crippen LogP contribution in [-0.2, 0) is 15.1 Å². The fourth-order valence-corrected chi connectivity index (χ4v) is 6.14. The number of aromatic nitrogens is 2. The lowest BCUT2D eigenvalue weighted by Gasteiger charge is -2.70. The van der Waals surface area contributed by atoms with E-state index in [-0.39, 0.29) is 41.8 Å². The highest BCUT2D eigenvalue weighted by molar-refractivity contribution is 6.30. The smallest absolute Gasteiger partial charge is 0.345 e. The SMILES string of the molecule is O=C(NC12CC(n3cc(C(=O)N4CC(COC(F)F)C4)cn3)(C1)C2)[C@H]1C[C@@H](O)c2cc(Cl)ccc2O1. The zero-order chi connectivity index (χ0) is 25.2. The van der Waals surface area contributed by atoms with Crippen molar-refractivity contribution in [2.24, 2.45) is 5.92 Å². The Morgan fingerprint density at radius 1 is 1.31 bits per heavy atom. The summed E-state index contributed by atoms with van der Waals surface area (Å²) in [6.45, 7) is -2.10. The molecule has 2 aromatic rings. The van der Waals surface area contributed by atoms with E-state index in [1.807, 2.05) is 0 Å². The molecular formula is C24H25ClF2N4O5. The minimum Gasteiger partial charge on any atom is -0.480 e. The van der Waals surface area contributed by atoms with Gasteiger partial charge in [0, 0.05) is 47.8 Å². The second kappa shape index (κ2) is 8.39. The fourth-order valence-electron chi connectivity index (χ4n) is 5.96. The van der Waals surface area contributed by atoms with Gasteiger partial charge in [0.2, 0.25) is 0 Å². The third kappa shape index (κ3) is 3.93. The molecule has 7 rings (SSSR count). The number of alkyl halides is 2. The molecule has 4 fully saturated rings. The van der Waals surface area contributed by atoms with Crippen LogP contribution in [0.3, 0.4) is 0 Å². The van der Waals surface area contributed by atoms with Crippen molar-refractivity contribution in [1.82, 2.24) is 20.0 Å². The minimum atomic E-state index is -2.80. The largest absolute Gasteiger partial charge is 0.480 e. The van der Waals surface area contributed by atoms with Crippen molar-refractivity contribution < 1.29 is 33.0 Å². The van der Waals surface area contributed by atoms with Gasteiger partial charge in [-0.15, -0.1) is 0 Å². The maximum Gasteiger partial charge on any atom is 0.345 e. The van der Waals surface area contributed by atoms with Crippen LogP contribution in [0, 0.1) is 5.92 Å². The first-order valence-electron chi connectivity index (χ1n) is 11.9. The number of aliphatic hydroxyl groups excluding tert-OH is 1. The van der Waals surface area contributed by atoms with Gasteiger partial charge in [-0.3, -0.25) is 14.3 Å². The summed E-state index contributed by atoms with van der Waals surface area (Å²) in [4.78, 5) is 27.2. The number of ether oxygens (including phenoxy) is 2. The number of rotatable bonds is 7. The molecule has 2 amide bonds. The first-order chi connectivity index (χ1) is 17.2. The number of nitrogens with one attached hydrogen (secondary N) is 1. The second-order valence-electron chi connectivity index (χ2n) is 10.4. The van der Waals surface area contributed by atoms with E-state index < -0.39 is 18.8 Å². The van der Waals surface area contributed by atoms with Gasteiger partial charge in [0.05, 0.1) is 30.0 Å². The van der Waals surface area contributed by atoms with Crippen molar-refractivity contribution in [3.8, 4) is 5.75 Å². The molecule has 3 aliphatic carbocycles. The Morgan fingerprint density at radius 3 is 2.78 bits per heavy atom. The number of amides is 2. The number of fused-ring (bicyclic) bond motifs is 1. The Hall–Kier alpha value is -2.76. The molecule has 3 saturated carbocycles. The highest BCUT2D eigenvalue weighted by Crippen LogP contribution is 2.65. The molecule has 36 heavy (non-hydrogen) atoms. The monoisotopic (exact) mass is 522 g/mol. The van der Waals surface area contributed by atoms with Crippen molar-refractivity contribution in [3.05, 3.63) is 46.7 Å². The van der Waals surface area contributed by atoms with E-state index in [0.29, 0.717) is 54.3 Å². The number of hydrogen-bond donors (Lipinski definition) is 2. The van der Waals surface area contributed by atoms with E-state index in [4.69, 9.17) is 16.3 Å². The van der Waals surface area contributed by atoms with Crippen LogP contribution in [0.1, 0.15) is 47.7 Å². The average Bonchev–Trinajstić information content (AvgIpc) is 3.24. The van der Waals surface area contributed by atoms with Gasteiger partial charge in [0.15, 0.2) is 6.10 Å². The number of carbonyl (C=O) groups excluding carboxylic acids is 2. The molecule has 0 spiro atoms. The maximum atomic E-state index is 12.9. The predicted octanol–water partition coefficient (Wildman–Crippen LogP) is 2.48. The van der Waals surface area contributed by atoms with Crippen LogP contribution in [0.15, 0.2) is 30.6 Å². The van der Waals surface area contributed by atoms with Crippen molar-refractivity contribution in [2.45, 2.75) is 55.6 Å². The summed E-state index contributed by atoms with van der Waals surface area (Å²) in [5.74, 6) is -0.0723. The highest BCUT2D eigenvalue weighted by atomic mass is 35.5. The minimum absolute atomic E-state index is 0.0661. The van der Waals surface area contributed by atoms with E-state index in [0.717, 1.165) is 0 Å². The van der Waals surface area contributed by atoms with Gasteiger partial charge in [0.25, 0.3) is 11.8 Å². The van der Waals surface area contributed by atoms with Gasteiger partial charge in [-0.1, -0.05) is 11.6 Å². The lowest BCUT2D eigenvalue weighted by atomic mass is 9.44. The fraction of sp³-hybridized carbons (Fsp3) is 0.542. The van der Waals surface area contributed by atoms with Gasteiger partial charge in [-0.25, -0.2) is 0 Å². The van der Waals surface area contributed by atoms with Crippen LogP contribution in [-0.4, -0.2) is 69.6 Å². The molecule has 0 unspecified atom stereocenters. The summed E-state index contributed by atoms with van der Waals surface area (Å²) >= 11 is 5.99. The van der Waals surface area contributed by atoms with Crippen molar-refractivity contribution >= 4 is 23.4 Å². The van der Waals surface area contributed by atoms with Gasteiger partial charge in [-0.05, 0) is 37.5 Å². The topological polar surface area (TPSA) is 106 Å². The van der Waals surface area contributed by atoms with E-state index in [9.17, 15) is 23.5 Å². The third-order valence-corrected chi connectivity index (χ3v) is 7.97. The Balaban J connectivity index is 1.01. The van der Waals surface area contributed by atoms with E-state index in [1.165, 1.54) is 6.20 Å². The van der Waals surface area contributed by atoms with Crippen LogP contribution in [0.4, 0.5) is 8.78 Å². The molecule has 3 heterocycles. The average molecular weight is 523 g/mol. The number of hydrogen-bond acceptors (Lipinski definition) is 6. The summed E-state index contributed by atoms with van der Waals surface area (Å²) in [7, 11) is 0. The van der Waals surface area contributed by atoms with E-state index >= 15 is 0 Å². The zero-order valence-corrected chi connectivity index (χ0v) is 20.0. The number of halogens is 3. The third-order valence-electron chi connectivity index (χ3n) is 7.74. The van der Waals surface area contributed by atoms with Crippen molar-refractivity contribution in [3.63, 3.8) is 0 Å². The van der Waals surface area contributed by atoms with Gasteiger partial charge in [0.1, 0.15) is 5.75 Å². The Bertz CT molecular complexity index is 1200. The first-order valence-corrected chi connectivity index (χ1v) is 12.2. The summed E-state index contributed by atoms with van der Waals surface area (Å²) < 4.78 is 36.2. The zero-order valence-electron chi connectivity index (χ0n) is 19.2. The van der Waals surface area contributed by atoms with Crippen LogP contribution >= 0.6 is 11.6 Å². The highest BCUT2D eigenvalue weighted by Gasteiger charge is 2.70. The first kappa shape index (κ1) is 23.6. The molecule has 2 N–H and O–H groups in total. The molecule has 1 aromatic carbocycles. The Labute approximate surface area is 210 Å². The Morgan fingerprint density at radius 2 is 2.06 bits per heavy atom. The van der Waals surface area contributed by atoms with Crippen LogP contribution < -0.4 is 10.1 Å². The van der Waals surface area contributed by atoms with Gasteiger partial charge in [-0.2, -0.15) is 13.9 Å².